The maximum Gasteiger partial charge on any atom is 0.230 e. The van der Waals surface area contributed by atoms with E-state index in [1.54, 1.807) is 19.1 Å². The van der Waals surface area contributed by atoms with E-state index in [0.717, 1.165) is 43.2 Å². The topological polar surface area (TPSA) is 56.9 Å². The summed E-state index contributed by atoms with van der Waals surface area (Å²) in [6.45, 7) is 8.63. The van der Waals surface area contributed by atoms with Crippen molar-refractivity contribution in [3.63, 3.8) is 0 Å². The molecule has 0 unspecified atom stereocenters. The average Bonchev–Trinajstić information content (AvgIpc) is 3.14. The Morgan fingerprint density at radius 2 is 2.04 bits per heavy atom. The van der Waals surface area contributed by atoms with Crippen LogP contribution < -0.4 is 0 Å². The quantitative estimate of drug-likeness (QED) is 0.760. The molecule has 1 fully saturated rings. The minimum Gasteiger partial charge on any atom is -0.492 e. The number of rotatable bonds is 4. The Labute approximate surface area is 155 Å². The molecule has 3 heterocycles. The fraction of sp³-hybridized carbons (Fsp3) is 0.444. The standard InChI is InChI=1S/C18H22FN5OS/c1-3-22-7-9-23(10-8-22)15(13-5-4-6-14(19)11-13)16-17(25)24-18(26-16)20-12(2)21-24/h4-6,11,15,25H,3,7-10H2,1-2H3/t15-/m1/s1. The van der Waals surface area contributed by atoms with E-state index >= 15 is 0 Å². The van der Waals surface area contributed by atoms with Gasteiger partial charge in [-0.1, -0.05) is 30.4 Å². The number of aromatic hydroxyl groups is 1. The normalized spacial score (nSPS) is 17.8. The third-order valence-electron chi connectivity index (χ3n) is 4.94. The highest BCUT2D eigenvalue weighted by Gasteiger charge is 2.31. The first-order valence-electron chi connectivity index (χ1n) is 8.83. The molecule has 3 aromatic rings. The first kappa shape index (κ1) is 17.4. The molecule has 138 valence electrons. The highest BCUT2D eigenvalue weighted by atomic mass is 32.1. The van der Waals surface area contributed by atoms with Gasteiger partial charge in [0.1, 0.15) is 11.6 Å². The molecule has 0 aliphatic carbocycles. The van der Waals surface area contributed by atoms with Crippen LogP contribution in [0.4, 0.5) is 4.39 Å². The number of nitrogens with zero attached hydrogens (tertiary/aromatic N) is 5. The molecule has 2 aromatic heterocycles. The maximum atomic E-state index is 13.9. The summed E-state index contributed by atoms with van der Waals surface area (Å²) in [6.07, 6.45) is 0. The predicted octanol–water partition coefficient (Wildman–Crippen LogP) is 2.67. The van der Waals surface area contributed by atoms with Crippen LogP contribution in [0.5, 0.6) is 5.88 Å². The second-order valence-electron chi connectivity index (χ2n) is 6.57. The van der Waals surface area contributed by atoms with Crippen LogP contribution in [0, 0.1) is 12.7 Å². The van der Waals surface area contributed by atoms with Crippen molar-refractivity contribution in [3.05, 3.63) is 46.3 Å². The first-order chi connectivity index (χ1) is 12.6. The Hall–Kier alpha value is -2.03. The minimum absolute atomic E-state index is 0.0952. The Morgan fingerprint density at radius 3 is 2.69 bits per heavy atom. The van der Waals surface area contributed by atoms with Crippen LogP contribution in [0.3, 0.4) is 0 Å². The molecule has 8 heteroatoms. The molecule has 1 aliphatic heterocycles. The number of likely N-dealkylation sites (N-methyl/N-ethyl adjacent to an activating group) is 1. The van der Waals surface area contributed by atoms with Crippen molar-refractivity contribution >= 4 is 16.3 Å². The van der Waals surface area contributed by atoms with Crippen LogP contribution >= 0.6 is 11.3 Å². The Kier molecular flexibility index (Phi) is 4.64. The number of aromatic nitrogens is 3. The number of piperazine rings is 1. The van der Waals surface area contributed by atoms with Crippen LogP contribution in [-0.4, -0.2) is 62.2 Å². The fourth-order valence-electron chi connectivity index (χ4n) is 3.57. The van der Waals surface area contributed by atoms with Gasteiger partial charge >= 0.3 is 0 Å². The van der Waals surface area contributed by atoms with E-state index in [-0.39, 0.29) is 17.7 Å². The van der Waals surface area contributed by atoms with Gasteiger partial charge < -0.3 is 10.0 Å². The lowest BCUT2D eigenvalue weighted by Gasteiger charge is -2.38. The summed E-state index contributed by atoms with van der Waals surface area (Å²) in [7, 11) is 0. The Balaban J connectivity index is 1.77. The fourth-order valence-corrected chi connectivity index (χ4v) is 4.73. The second kappa shape index (κ2) is 6.94. The zero-order chi connectivity index (χ0) is 18.3. The lowest BCUT2D eigenvalue weighted by atomic mass is 10.0. The smallest absolute Gasteiger partial charge is 0.230 e. The number of benzene rings is 1. The van der Waals surface area contributed by atoms with Gasteiger partial charge in [0.05, 0.1) is 10.9 Å². The molecule has 6 nitrogen and oxygen atoms in total. The van der Waals surface area contributed by atoms with Crippen LogP contribution in [0.15, 0.2) is 24.3 Å². The number of hydrogen-bond acceptors (Lipinski definition) is 6. The number of halogens is 1. The van der Waals surface area contributed by atoms with Gasteiger partial charge in [-0.15, -0.1) is 5.10 Å². The molecular weight excluding hydrogens is 353 g/mol. The summed E-state index contributed by atoms with van der Waals surface area (Å²) in [5, 5.41) is 15.0. The summed E-state index contributed by atoms with van der Waals surface area (Å²) in [5.41, 5.74) is 0.839. The molecule has 0 radical (unpaired) electrons. The van der Waals surface area contributed by atoms with E-state index < -0.39 is 0 Å². The van der Waals surface area contributed by atoms with Gasteiger partial charge in [-0.2, -0.15) is 4.52 Å². The molecule has 0 amide bonds. The molecule has 1 atom stereocenters. The third-order valence-corrected chi connectivity index (χ3v) is 6.01. The van der Waals surface area contributed by atoms with E-state index in [2.05, 4.69) is 26.8 Å². The minimum atomic E-state index is -0.269. The van der Waals surface area contributed by atoms with E-state index in [4.69, 9.17) is 0 Å². The summed E-state index contributed by atoms with van der Waals surface area (Å²) in [6, 6.07) is 6.43. The SMILES string of the molecule is CCN1CCN([C@H](c2cccc(F)c2)c2sc3nc(C)nn3c2O)CC1. The predicted molar refractivity (Wildman–Crippen MR) is 99.2 cm³/mol. The van der Waals surface area contributed by atoms with Crippen molar-refractivity contribution in [1.82, 2.24) is 24.4 Å². The van der Waals surface area contributed by atoms with Crippen molar-refractivity contribution in [3.8, 4) is 5.88 Å². The molecule has 1 aromatic carbocycles. The van der Waals surface area contributed by atoms with Gasteiger partial charge in [-0.05, 0) is 31.2 Å². The summed E-state index contributed by atoms with van der Waals surface area (Å²) >= 11 is 1.42. The highest BCUT2D eigenvalue weighted by Crippen LogP contribution is 2.40. The number of fused-ring (bicyclic) bond motifs is 1. The summed E-state index contributed by atoms with van der Waals surface area (Å²) < 4.78 is 15.4. The average molecular weight is 375 g/mol. The highest BCUT2D eigenvalue weighted by molar-refractivity contribution is 7.17. The van der Waals surface area contributed by atoms with Gasteiger partial charge in [0.25, 0.3) is 0 Å². The molecule has 0 saturated carbocycles. The zero-order valence-corrected chi connectivity index (χ0v) is 15.7. The van der Waals surface area contributed by atoms with E-state index in [9.17, 15) is 9.50 Å². The molecular formula is C18H22FN5OS. The molecule has 0 bridgehead atoms. The van der Waals surface area contributed by atoms with Crippen LogP contribution in [0.2, 0.25) is 0 Å². The molecule has 1 N–H and O–H groups in total. The maximum absolute atomic E-state index is 13.9. The van der Waals surface area contributed by atoms with Crippen molar-refractivity contribution in [2.24, 2.45) is 0 Å². The first-order valence-corrected chi connectivity index (χ1v) is 9.65. The molecule has 26 heavy (non-hydrogen) atoms. The van der Waals surface area contributed by atoms with Crippen LogP contribution in [-0.2, 0) is 0 Å². The molecule has 4 rings (SSSR count). The zero-order valence-electron chi connectivity index (χ0n) is 14.9. The number of thiazole rings is 1. The lowest BCUT2D eigenvalue weighted by molar-refractivity contribution is 0.113. The summed E-state index contributed by atoms with van der Waals surface area (Å²) in [5.74, 6) is 0.448. The van der Waals surface area contributed by atoms with Crippen molar-refractivity contribution in [2.45, 2.75) is 19.9 Å². The van der Waals surface area contributed by atoms with E-state index in [0.29, 0.717) is 10.8 Å². The van der Waals surface area contributed by atoms with Crippen molar-refractivity contribution < 1.29 is 9.50 Å². The molecule has 1 aliphatic rings. The van der Waals surface area contributed by atoms with Gasteiger partial charge in [0.2, 0.25) is 10.8 Å². The lowest BCUT2D eigenvalue weighted by Crippen LogP contribution is -2.47. The largest absolute Gasteiger partial charge is 0.492 e. The monoisotopic (exact) mass is 375 g/mol. The van der Waals surface area contributed by atoms with Crippen LogP contribution in [0.25, 0.3) is 4.96 Å². The molecule has 1 saturated heterocycles. The van der Waals surface area contributed by atoms with Crippen molar-refractivity contribution in [1.29, 1.82) is 0 Å². The Bertz CT molecular complexity index is 916. The second-order valence-corrected chi connectivity index (χ2v) is 7.58. The van der Waals surface area contributed by atoms with Crippen molar-refractivity contribution in [2.75, 3.05) is 32.7 Å². The van der Waals surface area contributed by atoms with E-state index in [1.807, 2.05) is 6.07 Å². The number of aryl methyl sites for hydroxylation is 1. The van der Waals surface area contributed by atoms with Crippen LogP contribution in [0.1, 0.15) is 29.2 Å². The van der Waals surface area contributed by atoms with Gasteiger partial charge in [0, 0.05) is 26.2 Å². The summed E-state index contributed by atoms with van der Waals surface area (Å²) in [4.78, 5) is 10.5. The van der Waals surface area contributed by atoms with E-state index in [1.165, 1.54) is 21.9 Å². The third kappa shape index (κ3) is 3.08. The number of hydrogen-bond donors (Lipinski definition) is 1. The van der Waals surface area contributed by atoms with Gasteiger partial charge in [-0.3, -0.25) is 4.90 Å². The van der Waals surface area contributed by atoms with Gasteiger partial charge in [0.15, 0.2) is 0 Å². The Morgan fingerprint density at radius 1 is 1.27 bits per heavy atom. The van der Waals surface area contributed by atoms with Gasteiger partial charge in [-0.25, -0.2) is 9.37 Å². The molecule has 0 spiro atoms.